The van der Waals surface area contributed by atoms with Gasteiger partial charge >= 0.3 is 0 Å². The Morgan fingerprint density at radius 2 is 2.59 bits per heavy atom. The highest BCUT2D eigenvalue weighted by molar-refractivity contribution is 7.10. The van der Waals surface area contributed by atoms with E-state index in [1.807, 2.05) is 29.3 Å². The van der Waals surface area contributed by atoms with Gasteiger partial charge in [0.05, 0.1) is 18.7 Å². The third-order valence-corrected chi connectivity index (χ3v) is 4.02. The summed E-state index contributed by atoms with van der Waals surface area (Å²) in [6.07, 6.45) is 0.505. The molecule has 4 nitrogen and oxygen atoms in total. The SMILES string of the molecule is CC(NC(=O)CN1CC[C@H](O)C1)c1cccs1. The molecule has 0 spiro atoms. The maximum absolute atomic E-state index is 11.8. The van der Waals surface area contributed by atoms with Crippen LogP contribution in [-0.4, -0.2) is 41.7 Å². The molecule has 1 unspecified atom stereocenters. The van der Waals surface area contributed by atoms with Gasteiger partial charge in [-0.15, -0.1) is 11.3 Å². The predicted octanol–water partition coefficient (Wildman–Crippen LogP) is 0.992. The number of thiophene rings is 1. The second-order valence-electron chi connectivity index (χ2n) is 4.48. The van der Waals surface area contributed by atoms with E-state index in [9.17, 15) is 9.90 Å². The third kappa shape index (κ3) is 3.52. The molecule has 1 saturated heterocycles. The van der Waals surface area contributed by atoms with Crippen molar-refractivity contribution in [2.75, 3.05) is 19.6 Å². The van der Waals surface area contributed by atoms with Gasteiger partial charge in [0, 0.05) is 18.0 Å². The molecule has 0 aliphatic carbocycles. The molecule has 0 radical (unpaired) electrons. The number of hydrogen-bond donors (Lipinski definition) is 2. The maximum Gasteiger partial charge on any atom is 0.234 e. The molecule has 0 saturated carbocycles. The van der Waals surface area contributed by atoms with Crippen molar-refractivity contribution in [3.05, 3.63) is 22.4 Å². The lowest BCUT2D eigenvalue weighted by molar-refractivity contribution is -0.122. The van der Waals surface area contributed by atoms with Gasteiger partial charge in [-0.3, -0.25) is 9.69 Å². The number of nitrogens with one attached hydrogen (secondary N) is 1. The Hall–Kier alpha value is -0.910. The average Bonchev–Trinajstić information content (AvgIpc) is 2.89. The zero-order chi connectivity index (χ0) is 12.3. The van der Waals surface area contributed by atoms with E-state index in [1.165, 1.54) is 4.88 Å². The van der Waals surface area contributed by atoms with E-state index >= 15 is 0 Å². The number of aliphatic hydroxyl groups excluding tert-OH is 1. The summed E-state index contributed by atoms with van der Waals surface area (Å²) in [5, 5.41) is 14.4. The Morgan fingerprint density at radius 3 is 3.18 bits per heavy atom. The molecule has 0 bridgehead atoms. The lowest BCUT2D eigenvalue weighted by Crippen LogP contribution is -2.37. The van der Waals surface area contributed by atoms with Crippen molar-refractivity contribution < 1.29 is 9.90 Å². The molecule has 2 rings (SSSR count). The topological polar surface area (TPSA) is 52.6 Å². The van der Waals surface area contributed by atoms with Crippen LogP contribution in [0.25, 0.3) is 0 Å². The molecule has 1 aliphatic heterocycles. The summed E-state index contributed by atoms with van der Waals surface area (Å²) in [6, 6.07) is 4.07. The molecular formula is C12H18N2O2S. The van der Waals surface area contributed by atoms with Crippen LogP contribution in [0.4, 0.5) is 0 Å². The Bertz CT molecular complexity index is 367. The fraction of sp³-hybridized carbons (Fsp3) is 0.583. The second kappa shape index (κ2) is 5.62. The summed E-state index contributed by atoms with van der Waals surface area (Å²) in [6.45, 7) is 3.79. The summed E-state index contributed by atoms with van der Waals surface area (Å²) >= 11 is 1.65. The number of aliphatic hydroxyl groups is 1. The first-order valence-corrected chi connectivity index (χ1v) is 6.76. The zero-order valence-corrected chi connectivity index (χ0v) is 10.7. The number of amides is 1. The summed E-state index contributed by atoms with van der Waals surface area (Å²) in [5.74, 6) is 0.0278. The normalized spacial score (nSPS) is 22.6. The molecule has 5 heteroatoms. The van der Waals surface area contributed by atoms with E-state index in [0.717, 1.165) is 13.0 Å². The number of carbonyl (C=O) groups is 1. The van der Waals surface area contributed by atoms with Crippen molar-refractivity contribution >= 4 is 17.2 Å². The van der Waals surface area contributed by atoms with Crippen LogP contribution in [0, 0.1) is 0 Å². The van der Waals surface area contributed by atoms with E-state index < -0.39 is 0 Å². The van der Waals surface area contributed by atoms with E-state index in [1.54, 1.807) is 11.3 Å². The number of rotatable bonds is 4. The molecule has 1 amide bonds. The molecule has 2 atom stereocenters. The van der Waals surface area contributed by atoms with Crippen molar-refractivity contribution in [3.8, 4) is 0 Å². The summed E-state index contributed by atoms with van der Waals surface area (Å²) in [5.41, 5.74) is 0. The second-order valence-corrected chi connectivity index (χ2v) is 5.46. The van der Waals surface area contributed by atoms with Crippen LogP contribution in [0.2, 0.25) is 0 Å². The van der Waals surface area contributed by atoms with Crippen LogP contribution in [0.1, 0.15) is 24.3 Å². The Labute approximate surface area is 105 Å². The molecule has 1 aromatic heterocycles. The number of likely N-dealkylation sites (tertiary alicyclic amines) is 1. The molecule has 1 aromatic rings. The number of β-amino-alcohol motifs (C(OH)–C–C–N with tert-alkyl or cyclic N) is 1. The minimum atomic E-state index is -0.266. The van der Waals surface area contributed by atoms with E-state index in [4.69, 9.17) is 0 Å². The van der Waals surface area contributed by atoms with Crippen LogP contribution < -0.4 is 5.32 Å². The van der Waals surface area contributed by atoms with Gasteiger partial charge in [-0.05, 0) is 24.8 Å². The average molecular weight is 254 g/mol. The predicted molar refractivity (Wildman–Crippen MR) is 67.9 cm³/mol. The van der Waals surface area contributed by atoms with Gasteiger partial charge < -0.3 is 10.4 Å². The Morgan fingerprint density at radius 1 is 1.76 bits per heavy atom. The molecule has 1 fully saturated rings. The minimum absolute atomic E-state index is 0.0278. The van der Waals surface area contributed by atoms with Crippen molar-refractivity contribution in [3.63, 3.8) is 0 Å². The van der Waals surface area contributed by atoms with Gasteiger partial charge in [0.25, 0.3) is 0 Å². The number of carbonyl (C=O) groups excluding carboxylic acids is 1. The number of nitrogens with zero attached hydrogens (tertiary/aromatic N) is 1. The number of hydrogen-bond acceptors (Lipinski definition) is 4. The van der Waals surface area contributed by atoms with Crippen molar-refractivity contribution in [2.45, 2.75) is 25.5 Å². The van der Waals surface area contributed by atoms with E-state index in [0.29, 0.717) is 13.1 Å². The molecule has 94 valence electrons. The minimum Gasteiger partial charge on any atom is -0.392 e. The van der Waals surface area contributed by atoms with Crippen LogP contribution >= 0.6 is 11.3 Å². The van der Waals surface area contributed by atoms with Crippen LogP contribution in [0.15, 0.2) is 17.5 Å². The lowest BCUT2D eigenvalue weighted by Gasteiger charge is -2.17. The Balaban J connectivity index is 1.77. The monoisotopic (exact) mass is 254 g/mol. The van der Waals surface area contributed by atoms with Crippen LogP contribution in [0.3, 0.4) is 0 Å². The fourth-order valence-electron chi connectivity index (χ4n) is 2.05. The summed E-state index contributed by atoms with van der Waals surface area (Å²) in [4.78, 5) is 14.9. The third-order valence-electron chi connectivity index (χ3n) is 2.96. The van der Waals surface area contributed by atoms with Crippen molar-refractivity contribution in [1.29, 1.82) is 0 Å². The summed E-state index contributed by atoms with van der Waals surface area (Å²) < 4.78 is 0. The smallest absolute Gasteiger partial charge is 0.234 e. The summed E-state index contributed by atoms with van der Waals surface area (Å²) in [7, 11) is 0. The largest absolute Gasteiger partial charge is 0.392 e. The zero-order valence-electron chi connectivity index (χ0n) is 9.93. The lowest BCUT2D eigenvalue weighted by atomic mass is 10.3. The molecule has 1 aliphatic rings. The van der Waals surface area contributed by atoms with Gasteiger partial charge in [0.15, 0.2) is 0 Å². The highest BCUT2D eigenvalue weighted by Gasteiger charge is 2.22. The first-order chi connectivity index (χ1) is 8.15. The van der Waals surface area contributed by atoms with Crippen molar-refractivity contribution in [2.24, 2.45) is 0 Å². The van der Waals surface area contributed by atoms with Gasteiger partial charge in [0.2, 0.25) is 5.91 Å². The molecule has 17 heavy (non-hydrogen) atoms. The molecular weight excluding hydrogens is 236 g/mol. The van der Waals surface area contributed by atoms with E-state index in [2.05, 4.69) is 5.32 Å². The standard InChI is InChI=1S/C12H18N2O2S/c1-9(11-3-2-6-17-11)13-12(16)8-14-5-4-10(15)7-14/h2-3,6,9-10,15H,4-5,7-8H2,1H3,(H,13,16)/t9?,10-/m0/s1. The van der Waals surface area contributed by atoms with Gasteiger partial charge in [0.1, 0.15) is 0 Å². The molecule has 0 aromatic carbocycles. The first kappa shape index (κ1) is 12.5. The highest BCUT2D eigenvalue weighted by atomic mass is 32.1. The molecule has 2 heterocycles. The fourth-order valence-corrected chi connectivity index (χ4v) is 2.79. The van der Waals surface area contributed by atoms with Gasteiger partial charge in [-0.1, -0.05) is 6.07 Å². The molecule has 2 N–H and O–H groups in total. The Kier molecular flexibility index (Phi) is 4.15. The first-order valence-electron chi connectivity index (χ1n) is 5.88. The highest BCUT2D eigenvalue weighted by Crippen LogP contribution is 2.18. The van der Waals surface area contributed by atoms with Crippen LogP contribution in [-0.2, 0) is 4.79 Å². The van der Waals surface area contributed by atoms with Crippen LogP contribution in [0.5, 0.6) is 0 Å². The van der Waals surface area contributed by atoms with E-state index in [-0.39, 0.29) is 18.1 Å². The van der Waals surface area contributed by atoms with Crippen molar-refractivity contribution in [1.82, 2.24) is 10.2 Å². The van der Waals surface area contributed by atoms with Gasteiger partial charge in [-0.2, -0.15) is 0 Å². The maximum atomic E-state index is 11.8. The van der Waals surface area contributed by atoms with Gasteiger partial charge in [-0.25, -0.2) is 0 Å². The quantitative estimate of drug-likeness (QED) is 0.842.